The van der Waals surface area contributed by atoms with Crippen molar-refractivity contribution >= 4 is 5.97 Å². The summed E-state index contributed by atoms with van der Waals surface area (Å²) in [6.07, 6.45) is 2.16. The molecule has 0 saturated heterocycles. The van der Waals surface area contributed by atoms with Gasteiger partial charge in [-0.2, -0.15) is 0 Å². The van der Waals surface area contributed by atoms with Crippen LogP contribution in [0.3, 0.4) is 0 Å². The van der Waals surface area contributed by atoms with Crippen molar-refractivity contribution in [3.8, 4) is 11.5 Å². The second-order valence-electron chi connectivity index (χ2n) is 4.75. The molecule has 104 valence electrons. The van der Waals surface area contributed by atoms with Gasteiger partial charge in [0.25, 0.3) is 0 Å². The van der Waals surface area contributed by atoms with E-state index >= 15 is 0 Å². The number of aliphatic carboxylic acids is 1. The van der Waals surface area contributed by atoms with Crippen LogP contribution < -0.4 is 9.47 Å². The lowest BCUT2D eigenvalue weighted by Gasteiger charge is -2.20. The van der Waals surface area contributed by atoms with Crippen molar-refractivity contribution in [3.63, 3.8) is 0 Å². The molecule has 1 fully saturated rings. The second kappa shape index (κ2) is 5.93. The van der Waals surface area contributed by atoms with E-state index < -0.39 is 5.97 Å². The van der Waals surface area contributed by atoms with Crippen molar-refractivity contribution in [2.75, 3.05) is 20.8 Å². The van der Waals surface area contributed by atoms with E-state index in [2.05, 4.69) is 0 Å². The Kier molecular flexibility index (Phi) is 4.27. The first kappa shape index (κ1) is 13.7. The van der Waals surface area contributed by atoms with Gasteiger partial charge in [0, 0.05) is 18.7 Å². The zero-order valence-electron chi connectivity index (χ0n) is 11.3. The number of methoxy groups -OCH3 is 2. The maximum atomic E-state index is 10.9. The van der Waals surface area contributed by atoms with Crippen LogP contribution in [0.5, 0.6) is 11.5 Å². The number of carboxylic acid groups (broad SMARTS) is 1. The van der Waals surface area contributed by atoms with E-state index in [0.29, 0.717) is 12.6 Å². The standard InChI is InChI=1S/C14H19NO4/c1-18-12-5-10(6-13(7-12)19-2)8-15(9-14(16)17)11-3-4-11/h5-7,11H,3-4,8-9H2,1-2H3,(H,16,17). The fourth-order valence-corrected chi connectivity index (χ4v) is 2.12. The number of hydrogen-bond donors (Lipinski definition) is 1. The van der Waals surface area contributed by atoms with Gasteiger partial charge in [0.2, 0.25) is 0 Å². The largest absolute Gasteiger partial charge is 0.497 e. The summed E-state index contributed by atoms with van der Waals surface area (Å²) in [6, 6.07) is 6.04. The topological polar surface area (TPSA) is 59.0 Å². The van der Waals surface area contributed by atoms with E-state index in [-0.39, 0.29) is 6.54 Å². The molecule has 1 aliphatic rings. The number of carboxylic acids is 1. The highest BCUT2D eigenvalue weighted by atomic mass is 16.5. The number of benzene rings is 1. The first-order chi connectivity index (χ1) is 9.12. The van der Waals surface area contributed by atoms with Gasteiger partial charge in [0.05, 0.1) is 20.8 Å². The predicted octanol–water partition coefficient (Wildman–Crippen LogP) is 1.75. The minimum atomic E-state index is -0.790. The van der Waals surface area contributed by atoms with Crippen LogP contribution in [0.2, 0.25) is 0 Å². The third kappa shape index (κ3) is 3.86. The molecule has 0 aromatic heterocycles. The smallest absolute Gasteiger partial charge is 0.317 e. The normalized spacial score (nSPS) is 14.5. The average molecular weight is 265 g/mol. The number of carbonyl (C=O) groups is 1. The second-order valence-corrected chi connectivity index (χ2v) is 4.75. The van der Waals surface area contributed by atoms with Crippen molar-refractivity contribution in [1.29, 1.82) is 0 Å². The summed E-state index contributed by atoms with van der Waals surface area (Å²) in [5, 5.41) is 8.95. The highest BCUT2D eigenvalue weighted by molar-refractivity contribution is 5.69. The first-order valence-electron chi connectivity index (χ1n) is 6.30. The van der Waals surface area contributed by atoms with Crippen LogP contribution in [0.25, 0.3) is 0 Å². The molecule has 1 aliphatic carbocycles. The van der Waals surface area contributed by atoms with Crippen LogP contribution in [0.4, 0.5) is 0 Å². The molecular weight excluding hydrogens is 246 g/mol. The van der Waals surface area contributed by atoms with Crippen LogP contribution in [-0.4, -0.2) is 42.8 Å². The van der Waals surface area contributed by atoms with Crippen LogP contribution >= 0.6 is 0 Å². The maximum absolute atomic E-state index is 10.9. The molecule has 0 unspecified atom stereocenters. The van der Waals surface area contributed by atoms with Gasteiger partial charge >= 0.3 is 5.97 Å². The maximum Gasteiger partial charge on any atom is 0.317 e. The molecule has 2 rings (SSSR count). The number of ether oxygens (including phenoxy) is 2. The van der Waals surface area contributed by atoms with E-state index in [4.69, 9.17) is 14.6 Å². The van der Waals surface area contributed by atoms with Crippen molar-refractivity contribution in [1.82, 2.24) is 4.90 Å². The highest BCUT2D eigenvalue weighted by Crippen LogP contribution is 2.30. The summed E-state index contributed by atoms with van der Waals surface area (Å²) in [4.78, 5) is 12.9. The van der Waals surface area contributed by atoms with Crippen LogP contribution in [0.1, 0.15) is 18.4 Å². The van der Waals surface area contributed by atoms with E-state index in [1.165, 1.54) is 0 Å². The molecule has 1 aromatic carbocycles. The van der Waals surface area contributed by atoms with Gasteiger partial charge in [0.15, 0.2) is 0 Å². The van der Waals surface area contributed by atoms with Crippen LogP contribution in [0.15, 0.2) is 18.2 Å². The molecule has 0 amide bonds. The summed E-state index contributed by atoms with van der Waals surface area (Å²) in [7, 11) is 3.21. The zero-order valence-corrected chi connectivity index (χ0v) is 11.3. The lowest BCUT2D eigenvalue weighted by molar-refractivity contribution is -0.138. The van der Waals surface area contributed by atoms with E-state index in [0.717, 1.165) is 29.9 Å². The number of nitrogens with zero attached hydrogens (tertiary/aromatic N) is 1. The first-order valence-corrected chi connectivity index (χ1v) is 6.30. The number of rotatable bonds is 7. The summed E-state index contributed by atoms with van der Waals surface area (Å²) < 4.78 is 10.4. The lowest BCUT2D eigenvalue weighted by atomic mass is 10.2. The third-order valence-electron chi connectivity index (χ3n) is 3.20. The quantitative estimate of drug-likeness (QED) is 0.814. The molecule has 1 saturated carbocycles. The molecule has 5 heteroatoms. The fourth-order valence-electron chi connectivity index (χ4n) is 2.12. The van der Waals surface area contributed by atoms with Crippen molar-refractivity contribution in [3.05, 3.63) is 23.8 Å². The van der Waals surface area contributed by atoms with Gasteiger partial charge in [-0.05, 0) is 30.5 Å². The molecule has 0 bridgehead atoms. The van der Waals surface area contributed by atoms with Gasteiger partial charge in [-0.15, -0.1) is 0 Å². The Morgan fingerprint density at radius 1 is 1.26 bits per heavy atom. The summed E-state index contributed by atoms with van der Waals surface area (Å²) >= 11 is 0. The lowest BCUT2D eigenvalue weighted by Crippen LogP contribution is -2.31. The zero-order chi connectivity index (χ0) is 13.8. The summed E-state index contributed by atoms with van der Waals surface area (Å²) in [6.45, 7) is 0.675. The van der Waals surface area contributed by atoms with Gasteiger partial charge in [-0.3, -0.25) is 9.69 Å². The molecule has 5 nitrogen and oxygen atoms in total. The molecule has 19 heavy (non-hydrogen) atoms. The van der Waals surface area contributed by atoms with Crippen LogP contribution in [0, 0.1) is 0 Å². The Labute approximate surface area is 112 Å². The minimum absolute atomic E-state index is 0.0736. The van der Waals surface area contributed by atoms with Crippen molar-refractivity contribution in [2.45, 2.75) is 25.4 Å². The molecule has 1 N–H and O–H groups in total. The Morgan fingerprint density at radius 2 is 1.84 bits per heavy atom. The van der Waals surface area contributed by atoms with Gasteiger partial charge in [-0.25, -0.2) is 0 Å². The SMILES string of the molecule is COc1cc(CN(CC(=O)O)C2CC2)cc(OC)c1. The van der Waals surface area contributed by atoms with Gasteiger partial charge < -0.3 is 14.6 Å². The molecule has 0 atom stereocenters. The van der Waals surface area contributed by atoms with Gasteiger partial charge in [0.1, 0.15) is 11.5 Å². The molecule has 0 radical (unpaired) electrons. The Hall–Kier alpha value is -1.75. The molecule has 0 heterocycles. The Balaban J connectivity index is 2.13. The fraction of sp³-hybridized carbons (Fsp3) is 0.500. The van der Waals surface area contributed by atoms with E-state index in [1.807, 2.05) is 23.1 Å². The third-order valence-corrected chi connectivity index (χ3v) is 3.20. The molecule has 1 aromatic rings. The van der Waals surface area contributed by atoms with Crippen molar-refractivity contribution in [2.24, 2.45) is 0 Å². The summed E-state index contributed by atoms with van der Waals surface area (Å²) in [5.41, 5.74) is 1.00. The Morgan fingerprint density at radius 3 is 2.26 bits per heavy atom. The Bertz CT molecular complexity index is 435. The molecule has 0 spiro atoms. The number of hydrogen-bond acceptors (Lipinski definition) is 4. The molecular formula is C14H19NO4. The van der Waals surface area contributed by atoms with E-state index in [9.17, 15) is 4.79 Å². The minimum Gasteiger partial charge on any atom is -0.497 e. The summed E-state index contributed by atoms with van der Waals surface area (Å²) in [5.74, 6) is 0.655. The van der Waals surface area contributed by atoms with E-state index in [1.54, 1.807) is 14.2 Å². The predicted molar refractivity (Wildman–Crippen MR) is 70.6 cm³/mol. The monoisotopic (exact) mass is 265 g/mol. The van der Waals surface area contributed by atoms with Gasteiger partial charge in [-0.1, -0.05) is 0 Å². The van der Waals surface area contributed by atoms with Crippen molar-refractivity contribution < 1.29 is 19.4 Å². The van der Waals surface area contributed by atoms with Crippen LogP contribution in [-0.2, 0) is 11.3 Å². The average Bonchev–Trinajstić information content (AvgIpc) is 3.21. The highest BCUT2D eigenvalue weighted by Gasteiger charge is 2.30. The molecule has 0 aliphatic heterocycles.